The second kappa shape index (κ2) is 12.5. The molecule has 2 amide bonds. The van der Waals surface area contributed by atoms with Crippen LogP contribution in [0.15, 0.2) is 97.3 Å². The molecule has 0 radical (unpaired) electrons. The van der Waals surface area contributed by atoms with Gasteiger partial charge >= 0.3 is 0 Å². The van der Waals surface area contributed by atoms with Crippen LogP contribution in [0.3, 0.4) is 0 Å². The van der Waals surface area contributed by atoms with Crippen molar-refractivity contribution in [2.24, 2.45) is 0 Å². The molecule has 3 aromatic carbocycles. The standard InChI is InChI=1S/C31H28ClN7O2/c1-39(2)15-7-14-28(40)35-21-9-5-8-20(16-21)30(41)36-22-10-6-11-23(17-22)37-31-34-19-26(32)29(38-31)25-18-33-27-13-4-3-12-24(25)27/h3-14,16-19,33H,15H2,1-2H3,(H,35,40)(H,36,41)(H,34,37,38). The maximum absolute atomic E-state index is 13.0. The van der Waals surface area contributed by atoms with Crippen molar-refractivity contribution in [3.63, 3.8) is 0 Å². The fourth-order valence-electron chi connectivity index (χ4n) is 4.18. The molecule has 0 aliphatic rings. The van der Waals surface area contributed by atoms with Crippen molar-refractivity contribution in [2.75, 3.05) is 36.6 Å². The van der Waals surface area contributed by atoms with Crippen LogP contribution in [0, 0.1) is 0 Å². The van der Waals surface area contributed by atoms with Gasteiger partial charge in [-0.05, 0) is 56.6 Å². The van der Waals surface area contributed by atoms with Gasteiger partial charge in [0, 0.05) is 57.9 Å². The van der Waals surface area contributed by atoms with E-state index in [0.717, 1.165) is 16.5 Å². The van der Waals surface area contributed by atoms with Crippen LogP contribution in [-0.2, 0) is 4.79 Å². The molecule has 0 fully saturated rings. The lowest BCUT2D eigenvalue weighted by molar-refractivity contribution is -0.111. The molecule has 41 heavy (non-hydrogen) atoms. The van der Waals surface area contributed by atoms with Gasteiger partial charge in [-0.25, -0.2) is 9.97 Å². The van der Waals surface area contributed by atoms with Crippen LogP contribution in [0.5, 0.6) is 0 Å². The quantitative estimate of drug-likeness (QED) is 0.155. The molecule has 0 atom stereocenters. The highest BCUT2D eigenvalue weighted by molar-refractivity contribution is 6.33. The van der Waals surface area contributed by atoms with Gasteiger partial charge in [0.25, 0.3) is 5.91 Å². The van der Waals surface area contributed by atoms with Crippen molar-refractivity contribution >= 4 is 57.3 Å². The summed E-state index contributed by atoms with van der Waals surface area (Å²) in [4.78, 5) is 39.3. The first-order valence-corrected chi connectivity index (χ1v) is 13.2. The van der Waals surface area contributed by atoms with E-state index < -0.39 is 0 Å². The zero-order valence-corrected chi connectivity index (χ0v) is 23.2. The van der Waals surface area contributed by atoms with E-state index in [0.29, 0.717) is 45.8 Å². The molecule has 9 nitrogen and oxygen atoms in total. The lowest BCUT2D eigenvalue weighted by Gasteiger charge is -2.11. The minimum atomic E-state index is -0.314. The van der Waals surface area contributed by atoms with Gasteiger partial charge in [0.15, 0.2) is 0 Å². The number of hydrogen-bond acceptors (Lipinski definition) is 6. The van der Waals surface area contributed by atoms with E-state index in [-0.39, 0.29) is 11.8 Å². The highest BCUT2D eigenvalue weighted by Gasteiger charge is 2.14. The Balaban J connectivity index is 1.27. The number of rotatable bonds is 9. The molecule has 5 rings (SSSR count). The number of fused-ring (bicyclic) bond motifs is 1. The van der Waals surface area contributed by atoms with Gasteiger partial charge < -0.3 is 25.8 Å². The SMILES string of the molecule is CN(C)CC=CC(=O)Nc1cccc(C(=O)Nc2cccc(Nc3ncc(Cl)c(-c4c[nH]c5ccccc45)n3)c2)c1. The van der Waals surface area contributed by atoms with Crippen LogP contribution in [0.25, 0.3) is 22.2 Å². The molecule has 4 N–H and O–H groups in total. The average Bonchev–Trinajstić information content (AvgIpc) is 3.38. The molecule has 206 valence electrons. The van der Waals surface area contributed by atoms with E-state index in [1.807, 2.05) is 61.6 Å². The number of H-pyrrole nitrogens is 1. The first-order chi connectivity index (χ1) is 19.9. The number of anilines is 4. The number of amides is 2. The lowest BCUT2D eigenvalue weighted by Crippen LogP contribution is -2.14. The van der Waals surface area contributed by atoms with Gasteiger partial charge in [-0.2, -0.15) is 0 Å². The predicted molar refractivity (Wildman–Crippen MR) is 165 cm³/mol. The minimum absolute atomic E-state index is 0.263. The fourth-order valence-corrected chi connectivity index (χ4v) is 4.38. The summed E-state index contributed by atoms with van der Waals surface area (Å²) in [6.45, 7) is 0.652. The summed E-state index contributed by atoms with van der Waals surface area (Å²) in [6.07, 6.45) is 6.68. The number of benzene rings is 3. The molecule has 0 saturated carbocycles. The third kappa shape index (κ3) is 6.96. The van der Waals surface area contributed by atoms with Gasteiger partial charge in [0.05, 0.1) is 16.9 Å². The van der Waals surface area contributed by atoms with Crippen LogP contribution >= 0.6 is 11.6 Å². The number of carbonyl (C=O) groups excluding carboxylic acids is 2. The van der Waals surface area contributed by atoms with Crippen LogP contribution < -0.4 is 16.0 Å². The van der Waals surface area contributed by atoms with Crippen molar-refractivity contribution in [2.45, 2.75) is 0 Å². The number of likely N-dealkylation sites (N-methyl/N-ethyl adjacent to an activating group) is 1. The Morgan fingerprint density at radius 2 is 1.71 bits per heavy atom. The molecule has 0 aliphatic heterocycles. The van der Waals surface area contributed by atoms with Crippen molar-refractivity contribution < 1.29 is 9.59 Å². The summed E-state index contributed by atoms with van der Waals surface area (Å²) < 4.78 is 0. The molecular weight excluding hydrogens is 538 g/mol. The number of nitrogens with one attached hydrogen (secondary N) is 4. The number of nitrogens with zero attached hydrogens (tertiary/aromatic N) is 3. The molecule has 0 unspecified atom stereocenters. The zero-order valence-electron chi connectivity index (χ0n) is 22.5. The van der Waals surface area contributed by atoms with Gasteiger partial charge in [-0.3, -0.25) is 9.59 Å². The number of carbonyl (C=O) groups is 2. The molecule has 10 heteroatoms. The first kappa shape index (κ1) is 27.6. The Bertz CT molecular complexity index is 1750. The molecular formula is C31H28ClN7O2. The zero-order chi connectivity index (χ0) is 28.8. The normalized spacial score (nSPS) is 11.2. The van der Waals surface area contributed by atoms with Crippen LogP contribution in [0.4, 0.5) is 23.0 Å². The minimum Gasteiger partial charge on any atom is -0.360 e. The van der Waals surface area contributed by atoms with Crippen LogP contribution in [0.2, 0.25) is 5.02 Å². The fraction of sp³-hybridized carbons (Fsp3) is 0.0968. The van der Waals surface area contributed by atoms with E-state index >= 15 is 0 Å². The highest BCUT2D eigenvalue weighted by atomic mass is 35.5. The van der Waals surface area contributed by atoms with E-state index in [4.69, 9.17) is 11.6 Å². The van der Waals surface area contributed by atoms with Gasteiger partial charge in [0.1, 0.15) is 0 Å². The monoisotopic (exact) mass is 565 g/mol. The maximum Gasteiger partial charge on any atom is 0.255 e. The number of aromatic nitrogens is 3. The second-order valence-corrected chi connectivity index (χ2v) is 9.94. The number of hydrogen-bond donors (Lipinski definition) is 4. The van der Waals surface area contributed by atoms with Crippen molar-refractivity contribution in [3.8, 4) is 11.3 Å². The Hall–Kier alpha value is -4.99. The van der Waals surface area contributed by atoms with E-state index in [2.05, 4.69) is 30.9 Å². The number of para-hydroxylation sites is 1. The Morgan fingerprint density at radius 1 is 0.951 bits per heavy atom. The smallest absolute Gasteiger partial charge is 0.255 e. The largest absolute Gasteiger partial charge is 0.360 e. The van der Waals surface area contributed by atoms with Gasteiger partial charge in [-0.1, -0.05) is 48.0 Å². The van der Waals surface area contributed by atoms with E-state index in [1.54, 1.807) is 48.7 Å². The summed E-state index contributed by atoms with van der Waals surface area (Å²) in [5.41, 5.74) is 4.65. The number of aromatic amines is 1. The average molecular weight is 566 g/mol. The Kier molecular flexibility index (Phi) is 8.38. The molecule has 2 aromatic heterocycles. The molecule has 0 saturated heterocycles. The van der Waals surface area contributed by atoms with Crippen LogP contribution in [0.1, 0.15) is 10.4 Å². The molecule has 0 spiro atoms. The lowest BCUT2D eigenvalue weighted by atomic mass is 10.1. The Labute approximate surface area is 242 Å². The summed E-state index contributed by atoms with van der Waals surface area (Å²) in [7, 11) is 3.84. The third-order valence-electron chi connectivity index (χ3n) is 6.10. The third-order valence-corrected chi connectivity index (χ3v) is 6.37. The van der Waals surface area contributed by atoms with Crippen LogP contribution in [-0.4, -0.2) is 52.3 Å². The summed E-state index contributed by atoms with van der Waals surface area (Å²) in [5.74, 6) is -0.215. The first-order valence-electron chi connectivity index (χ1n) is 12.9. The van der Waals surface area contributed by atoms with Crippen molar-refractivity contribution in [1.82, 2.24) is 19.9 Å². The second-order valence-electron chi connectivity index (χ2n) is 9.53. The maximum atomic E-state index is 13.0. The van der Waals surface area contributed by atoms with E-state index in [1.165, 1.54) is 6.08 Å². The molecule has 2 heterocycles. The number of halogens is 1. The van der Waals surface area contributed by atoms with Gasteiger partial charge in [-0.15, -0.1) is 0 Å². The predicted octanol–water partition coefficient (Wildman–Crippen LogP) is 6.33. The van der Waals surface area contributed by atoms with E-state index in [9.17, 15) is 9.59 Å². The molecule has 5 aromatic rings. The Morgan fingerprint density at radius 3 is 2.54 bits per heavy atom. The summed E-state index contributed by atoms with van der Waals surface area (Å²) in [6, 6.07) is 21.9. The van der Waals surface area contributed by atoms with Crippen molar-refractivity contribution in [1.29, 1.82) is 0 Å². The summed E-state index contributed by atoms with van der Waals surface area (Å²) >= 11 is 6.46. The topological polar surface area (TPSA) is 115 Å². The highest BCUT2D eigenvalue weighted by Crippen LogP contribution is 2.32. The van der Waals surface area contributed by atoms with Gasteiger partial charge in [0.2, 0.25) is 11.9 Å². The molecule has 0 bridgehead atoms. The molecule has 0 aliphatic carbocycles. The van der Waals surface area contributed by atoms with Crippen molar-refractivity contribution in [3.05, 3.63) is 108 Å². The summed E-state index contributed by atoms with van der Waals surface area (Å²) in [5, 5.41) is 10.3.